The minimum Gasteiger partial charge on any atom is -0.393 e. The monoisotopic (exact) mass is 418 g/mol. The summed E-state index contributed by atoms with van der Waals surface area (Å²) in [6, 6.07) is 0. The molecule has 0 saturated heterocycles. The Morgan fingerprint density at radius 2 is 1.67 bits per heavy atom. The summed E-state index contributed by atoms with van der Waals surface area (Å²) >= 11 is 0. The Bertz CT molecular complexity index is 616. The van der Waals surface area contributed by atoms with Crippen LogP contribution in [0.4, 0.5) is 0 Å². The second-order valence-electron chi connectivity index (χ2n) is 13.3. The summed E-state index contributed by atoms with van der Waals surface area (Å²) in [5.74, 6) is 5.18. The largest absolute Gasteiger partial charge is 0.393 e. The maximum Gasteiger partial charge on any atom is 0.0753 e. The molecule has 4 aliphatic carbocycles. The number of hydrogen-bond donors (Lipinski definition) is 2. The van der Waals surface area contributed by atoms with Crippen molar-refractivity contribution in [2.45, 2.75) is 124 Å². The fraction of sp³-hybridized carbons (Fsp3) is 1.00. The van der Waals surface area contributed by atoms with Gasteiger partial charge in [0.2, 0.25) is 0 Å². The molecule has 2 heteroatoms. The molecule has 0 aliphatic heterocycles. The first-order valence-electron chi connectivity index (χ1n) is 13.4. The lowest BCUT2D eigenvalue weighted by Gasteiger charge is -2.66. The van der Waals surface area contributed by atoms with Crippen LogP contribution in [0.15, 0.2) is 0 Å². The molecule has 0 radical (unpaired) electrons. The normalized spacial score (nSPS) is 51.9. The van der Waals surface area contributed by atoms with Crippen LogP contribution in [0.25, 0.3) is 0 Å². The molecule has 10 atom stereocenters. The molecule has 0 aromatic carbocycles. The van der Waals surface area contributed by atoms with Gasteiger partial charge in [-0.1, -0.05) is 60.8 Å². The Labute approximate surface area is 186 Å². The maximum atomic E-state index is 11.9. The molecule has 30 heavy (non-hydrogen) atoms. The molecule has 0 unspecified atom stereocenters. The molecule has 2 nitrogen and oxygen atoms in total. The third kappa shape index (κ3) is 3.42. The molecule has 0 bridgehead atoms. The van der Waals surface area contributed by atoms with Gasteiger partial charge in [0.05, 0.1) is 11.7 Å². The summed E-state index contributed by atoms with van der Waals surface area (Å²) < 4.78 is 0. The summed E-state index contributed by atoms with van der Waals surface area (Å²) in [7, 11) is 0. The van der Waals surface area contributed by atoms with E-state index in [-0.39, 0.29) is 11.5 Å². The summed E-state index contributed by atoms with van der Waals surface area (Å²) in [6.07, 6.45) is 13.1. The van der Waals surface area contributed by atoms with E-state index in [1.807, 2.05) is 0 Å². The van der Waals surface area contributed by atoms with Gasteiger partial charge in [-0.15, -0.1) is 0 Å². The lowest BCUT2D eigenvalue weighted by Crippen LogP contribution is -2.66. The van der Waals surface area contributed by atoms with Gasteiger partial charge in [-0.3, -0.25) is 0 Å². The van der Waals surface area contributed by atoms with Gasteiger partial charge in [0.25, 0.3) is 0 Å². The molecule has 4 saturated carbocycles. The molecule has 4 rings (SSSR count). The molecular formula is C28H50O2. The van der Waals surface area contributed by atoms with Gasteiger partial charge in [0.1, 0.15) is 0 Å². The van der Waals surface area contributed by atoms with E-state index in [0.717, 1.165) is 42.4 Å². The Kier molecular flexibility index (Phi) is 6.20. The van der Waals surface area contributed by atoms with Gasteiger partial charge in [-0.05, 0) is 97.2 Å². The lowest BCUT2D eigenvalue weighted by molar-refractivity contribution is -0.244. The average molecular weight is 419 g/mol. The molecule has 4 aliphatic rings. The van der Waals surface area contributed by atoms with Crippen LogP contribution in [0.1, 0.15) is 112 Å². The van der Waals surface area contributed by atoms with Gasteiger partial charge < -0.3 is 10.2 Å². The lowest BCUT2D eigenvalue weighted by atomic mass is 9.41. The van der Waals surface area contributed by atoms with E-state index in [4.69, 9.17) is 0 Å². The van der Waals surface area contributed by atoms with Crippen LogP contribution < -0.4 is 0 Å². The molecule has 0 aromatic rings. The van der Waals surface area contributed by atoms with Gasteiger partial charge >= 0.3 is 0 Å². The smallest absolute Gasteiger partial charge is 0.0753 e. The second-order valence-corrected chi connectivity index (χ2v) is 13.3. The molecule has 0 amide bonds. The molecule has 0 heterocycles. The summed E-state index contributed by atoms with van der Waals surface area (Å²) in [4.78, 5) is 0. The van der Waals surface area contributed by atoms with E-state index in [9.17, 15) is 10.2 Å². The van der Waals surface area contributed by atoms with Gasteiger partial charge in [0.15, 0.2) is 0 Å². The highest BCUT2D eigenvalue weighted by Crippen LogP contribution is 2.70. The van der Waals surface area contributed by atoms with Crippen molar-refractivity contribution < 1.29 is 10.2 Å². The standard InChI is InChI=1S/C28H50O2/c1-18(2)8-7-9-19(3)23-10-11-24-22-16-20(4)28(30)17-21(29)12-15-27(28,6)25(22)13-14-26(23,24)5/h18-25,29-30H,7-17H2,1-6H3/t19-,20+,21-,22-,23+,24-,25-,26+,27+,28-/m0/s1. The number of aliphatic hydroxyl groups excluding tert-OH is 1. The van der Waals surface area contributed by atoms with Crippen molar-refractivity contribution in [3.8, 4) is 0 Å². The summed E-state index contributed by atoms with van der Waals surface area (Å²) in [5.41, 5.74) is -0.156. The molecule has 174 valence electrons. The quantitative estimate of drug-likeness (QED) is 0.513. The molecular weight excluding hydrogens is 368 g/mol. The Hall–Kier alpha value is -0.0800. The maximum absolute atomic E-state index is 11.9. The highest BCUT2D eigenvalue weighted by molar-refractivity contribution is 5.16. The van der Waals surface area contributed by atoms with Crippen LogP contribution in [0.5, 0.6) is 0 Å². The van der Waals surface area contributed by atoms with Crippen molar-refractivity contribution in [1.29, 1.82) is 0 Å². The molecule has 2 N–H and O–H groups in total. The predicted molar refractivity (Wildman–Crippen MR) is 125 cm³/mol. The predicted octanol–water partition coefficient (Wildman–Crippen LogP) is 6.83. The fourth-order valence-corrected chi connectivity index (χ4v) is 9.68. The minimum absolute atomic E-state index is 0.00311. The zero-order valence-corrected chi connectivity index (χ0v) is 20.8. The molecule has 0 aromatic heterocycles. The Morgan fingerprint density at radius 3 is 2.37 bits per heavy atom. The van der Waals surface area contributed by atoms with Crippen molar-refractivity contribution in [2.75, 3.05) is 0 Å². The number of rotatable bonds is 5. The number of hydrogen-bond acceptors (Lipinski definition) is 2. The van der Waals surface area contributed by atoms with E-state index in [0.29, 0.717) is 23.7 Å². The average Bonchev–Trinajstić information content (AvgIpc) is 3.01. The topological polar surface area (TPSA) is 40.5 Å². The third-order valence-corrected chi connectivity index (χ3v) is 11.4. The van der Waals surface area contributed by atoms with Gasteiger partial charge in [0, 0.05) is 6.42 Å². The van der Waals surface area contributed by atoms with Crippen molar-refractivity contribution in [1.82, 2.24) is 0 Å². The van der Waals surface area contributed by atoms with Crippen LogP contribution in [0, 0.1) is 52.3 Å². The summed E-state index contributed by atoms with van der Waals surface area (Å²) in [5, 5.41) is 22.2. The van der Waals surface area contributed by atoms with E-state index < -0.39 is 5.60 Å². The zero-order chi connectivity index (χ0) is 21.9. The van der Waals surface area contributed by atoms with Crippen LogP contribution in [0.2, 0.25) is 0 Å². The first kappa shape index (κ1) is 23.1. The highest BCUT2D eigenvalue weighted by Gasteiger charge is 2.66. The first-order valence-corrected chi connectivity index (χ1v) is 13.4. The number of aliphatic hydroxyl groups is 2. The number of fused-ring (bicyclic) bond motifs is 5. The SMILES string of the molecule is CC(C)CCC[C@H](C)[C@H]1CC[C@H]2[C@@H]3C[C@@H](C)[C@@]4(O)C[C@@H](O)CC[C@]4(C)[C@H]3CC[C@]12C. The van der Waals surface area contributed by atoms with Crippen molar-refractivity contribution in [3.63, 3.8) is 0 Å². The van der Waals surface area contributed by atoms with E-state index >= 15 is 0 Å². The van der Waals surface area contributed by atoms with Crippen molar-refractivity contribution in [2.24, 2.45) is 52.3 Å². The Balaban J connectivity index is 1.53. The summed E-state index contributed by atoms with van der Waals surface area (Å²) in [6.45, 7) is 14.6. The minimum atomic E-state index is -0.665. The third-order valence-electron chi connectivity index (χ3n) is 11.4. The zero-order valence-electron chi connectivity index (χ0n) is 20.8. The molecule has 4 fully saturated rings. The van der Waals surface area contributed by atoms with E-state index in [2.05, 4.69) is 41.5 Å². The van der Waals surface area contributed by atoms with Crippen LogP contribution in [-0.4, -0.2) is 21.9 Å². The van der Waals surface area contributed by atoms with Gasteiger partial charge in [-0.2, -0.15) is 0 Å². The van der Waals surface area contributed by atoms with Crippen molar-refractivity contribution >= 4 is 0 Å². The van der Waals surface area contributed by atoms with Crippen molar-refractivity contribution in [3.05, 3.63) is 0 Å². The first-order chi connectivity index (χ1) is 14.0. The van der Waals surface area contributed by atoms with Crippen LogP contribution in [-0.2, 0) is 0 Å². The van der Waals surface area contributed by atoms with Gasteiger partial charge in [-0.25, -0.2) is 0 Å². The van der Waals surface area contributed by atoms with Crippen LogP contribution >= 0.6 is 0 Å². The fourth-order valence-electron chi connectivity index (χ4n) is 9.68. The second kappa shape index (κ2) is 8.05. The van der Waals surface area contributed by atoms with Crippen LogP contribution in [0.3, 0.4) is 0 Å². The van der Waals surface area contributed by atoms with E-state index in [1.165, 1.54) is 51.4 Å². The molecule has 0 spiro atoms. The van der Waals surface area contributed by atoms with E-state index in [1.54, 1.807) is 0 Å². The Morgan fingerprint density at radius 1 is 0.933 bits per heavy atom. The highest BCUT2D eigenvalue weighted by atomic mass is 16.3.